The molecule has 0 unspecified atom stereocenters. The zero-order valence-electron chi connectivity index (χ0n) is 11.4. The standard InChI is InChI=1S/C17H18ClNO/c18-16-7-9-19(10-8-16)17(20)12-13-5-6-14-3-1-2-4-15(14)11-13/h1-6,11,16H,7-10,12H2. The number of benzene rings is 2. The lowest BCUT2D eigenvalue weighted by molar-refractivity contribution is -0.131. The van der Waals surface area contributed by atoms with Gasteiger partial charge in [0.2, 0.25) is 5.91 Å². The summed E-state index contributed by atoms with van der Waals surface area (Å²) >= 11 is 6.07. The van der Waals surface area contributed by atoms with Crippen LogP contribution in [0.2, 0.25) is 0 Å². The third kappa shape index (κ3) is 2.96. The number of fused-ring (bicyclic) bond motifs is 1. The first-order valence-electron chi connectivity index (χ1n) is 7.12. The summed E-state index contributed by atoms with van der Waals surface area (Å²) in [6.07, 6.45) is 2.30. The summed E-state index contributed by atoms with van der Waals surface area (Å²) < 4.78 is 0. The highest BCUT2D eigenvalue weighted by Crippen LogP contribution is 2.19. The van der Waals surface area contributed by atoms with Crippen molar-refractivity contribution in [1.29, 1.82) is 0 Å². The molecular formula is C17H18ClNO. The number of carbonyl (C=O) groups excluding carboxylic acids is 1. The smallest absolute Gasteiger partial charge is 0.226 e. The first kappa shape index (κ1) is 13.4. The van der Waals surface area contributed by atoms with Crippen molar-refractivity contribution < 1.29 is 4.79 Å². The van der Waals surface area contributed by atoms with Gasteiger partial charge in [0.05, 0.1) is 6.42 Å². The van der Waals surface area contributed by atoms with E-state index in [4.69, 9.17) is 11.6 Å². The highest BCUT2D eigenvalue weighted by Gasteiger charge is 2.21. The first-order chi connectivity index (χ1) is 9.72. The molecule has 1 amide bonds. The number of piperidine rings is 1. The minimum atomic E-state index is 0.212. The number of hydrogen-bond donors (Lipinski definition) is 0. The van der Waals surface area contributed by atoms with Gasteiger partial charge in [0.25, 0.3) is 0 Å². The molecule has 0 bridgehead atoms. The van der Waals surface area contributed by atoms with Crippen molar-refractivity contribution in [3.63, 3.8) is 0 Å². The number of nitrogens with zero attached hydrogens (tertiary/aromatic N) is 1. The van der Waals surface area contributed by atoms with Crippen LogP contribution in [0, 0.1) is 0 Å². The summed E-state index contributed by atoms with van der Waals surface area (Å²) in [5.74, 6) is 0.212. The van der Waals surface area contributed by atoms with Crippen LogP contribution in [0.1, 0.15) is 18.4 Å². The maximum Gasteiger partial charge on any atom is 0.226 e. The van der Waals surface area contributed by atoms with Gasteiger partial charge in [-0.2, -0.15) is 0 Å². The van der Waals surface area contributed by atoms with E-state index in [1.54, 1.807) is 0 Å². The number of amides is 1. The number of hydrogen-bond acceptors (Lipinski definition) is 1. The molecule has 2 aromatic rings. The average Bonchev–Trinajstić information content (AvgIpc) is 2.48. The molecule has 3 rings (SSSR count). The predicted molar refractivity (Wildman–Crippen MR) is 83.1 cm³/mol. The molecule has 20 heavy (non-hydrogen) atoms. The van der Waals surface area contributed by atoms with Crippen molar-refractivity contribution in [1.82, 2.24) is 4.90 Å². The van der Waals surface area contributed by atoms with Crippen LogP contribution in [0.15, 0.2) is 42.5 Å². The molecule has 0 N–H and O–H groups in total. The van der Waals surface area contributed by atoms with Crippen LogP contribution in [0.25, 0.3) is 10.8 Å². The Kier molecular flexibility index (Phi) is 3.93. The lowest BCUT2D eigenvalue weighted by atomic mass is 10.0. The Morgan fingerprint density at radius 2 is 1.80 bits per heavy atom. The predicted octanol–water partition coefficient (Wildman–Crippen LogP) is 3.61. The molecule has 0 saturated carbocycles. The van der Waals surface area contributed by atoms with Crippen LogP contribution >= 0.6 is 11.6 Å². The topological polar surface area (TPSA) is 20.3 Å². The third-order valence-electron chi connectivity index (χ3n) is 3.95. The Morgan fingerprint density at radius 1 is 1.10 bits per heavy atom. The van der Waals surface area contributed by atoms with Crippen molar-refractivity contribution >= 4 is 28.3 Å². The van der Waals surface area contributed by atoms with Crippen LogP contribution in [0.3, 0.4) is 0 Å². The van der Waals surface area contributed by atoms with Crippen molar-refractivity contribution in [3.05, 3.63) is 48.0 Å². The van der Waals surface area contributed by atoms with E-state index in [1.165, 1.54) is 10.8 Å². The maximum atomic E-state index is 12.3. The molecule has 1 heterocycles. The Morgan fingerprint density at radius 3 is 2.55 bits per heavy atom. The SMILES string of the molecule is O=C(Cc1ccc2ccccc2c1)N1CCC(Cl)CC1. The monoisotopic (exact) mass is 287 g/mol. The van der Waals surface area contributed by atoms with Gasteiger partial charge in [0.1, 0.15) is 0 Å². The van der Waals surface area contributed by atoms with E-state index in [9.17, 15) is 4.79 Å². The van der Waals surface area contributed by atoms with E-state index >= 15 is 0 Å². The summed E-state index contributed by atoms with van der Waals surface area (Å²) in [7, 11) is 0. The van der Waals surface area contributed by atoms with Crippen LogP contribution in [-0.4, -0.2) is 29.3 Å². The van der Waals surface area contributed by atoms with Gasteiger partial charge in [-0.1, -0.05) is 42.5 Å². The summed E-state index contributed by atoms with van der Waals surface area (Å²) in [6, 6.07) is 14.5. The van der Waals surface area contributed by atoms with Gasteiger partial charge < -0.3 is 4.90 Å². The van der Waals surface area contributed by atoms with E-state index < -0.39 is 0 Å². The van der Waals surface area contributed by atoms with Gasteiger partial charge in [-0.05, 0) is 29.2 Å². The molecule has 104 valence electrons. The van der Waals surface area contributed by atoms with Crippen molar-refractivity contribution in [2.24, 2.45) is 0 Å². The fraction of sp³-hybridized carbons (Fsp3) is 0.353. The minimum Gasteiger partial charge on any atom is -0.342 e. The van der Waals surface area contributed by atoms with Crippen LogP contribution in [-0.2, 0) is 11.2 Å². The quantitative estimate of drug-likeness (QED) is 0.773. The molecule has 1 aliphatic heterocycles. The van der Waals surface area contributed by atoms with E-state index in [0.717, 1.165) is 31.5 Å². The number of rotatable bonds is 2. The van der Waals surface area contributed by atoms with Crippen LogP contribution in [0.4, 0.5) is 0 Å². The second-order valence-corrected chi connectivity index (χ2v) is 6.03. The molecule has 0 atom stereocenters. The van der Waals surface area contributed by atoms with Gasteiger partial charge in [-0.3, -0.25) is 4.79 Å². The normalized spacial score (nSPS) is 16.6. The second-order valence-electron chi connectivity index (χ2n) is 5.41. The summed E-state index contributed by atoms with van der Waals surface area (Å²) in [5, 5.41) is 2.64. The van der Waals surface area contributed by atoms with Crippen LogP contribution in [0.5, 0.6) is 0 Å². The largest absolute Gasteiger partial charge is 0.342 e. The summed E-state index contributed by atoms with van der Waals surface area (Å²) in [5.41, 5.74) is 1.08. The van der Waals surface area contributed by atoms with Gasteiger partial charge >= 0.3 is 0 Å². The Bertz CT molecular complexity index is 617. The first-order valence-corrected chi connectivity index (χ1v) is 7.55. The molecule has 2 aromatic carbocycles. The second kappa shape index (κ2) is 5.84. The minimum absolute atomic E-state index is 0.212. The zero-order valence-corrected chi connectivity index (χ0v) is 12.1. The molecule has 1 fully saturated rings. The fourth-order valence-electron chi connectivity index (χ4n) is 2.73. The number of carbonyl (C=O) groups is 1. The molecule has 1 aliphatic rings. The molecular weight excluding hydrogens is 270 g/mol. The lowest BCUT2D eigenvalue weighted by Crippen LogP contribution is -2.39. The Hall–Kier alpha value is -1.54. The molecule has 0 radical (unpaired) electrons. The summed E-state index contributed by atoms with van der Waals surface area (Å²) in [4.78, 5) is 14.2. The average molecular weight is 288 g/mol. The number of halogens is 1. The van der Waals surface area contributed by atoms with Gasteiger partial charge in [-0.25, -0.2) is 0 Å². The van der Waals surface area contributed by atoms with Crippen LogP contribution < -0.4 is 0 Å². The van der Waals surface area contributed by atoms with E-state index in [0.29, 0.717) is 6.42 Å². The molecule has 2 nitrogen and oxygen atoms in total. The van der Waals surface area contributed by atoms with E-state index in [-0.39, 0.29) is 11.3 Å². The zero-order chi connectivity index (χ0) is 13.9. The third-order valence-corrected chi connectivity index (χ3v) is 4.38. The molecule has 1 saturated heterocycles. The van der Waals surface area contributed by atoms with Gasteiger partial charge in [-0.15, -0.1) is 11.6 Å². The number of alkyl halides is 1. The molecule has 0 aromatic heterocycles. The van der Waals surface area contributed by atoms with Gasteiger partial charge in [0, 0.05) is 18.5 Å². The van der Waals surface area contributed by atoms with Crippen molar-refractivity contribution in [2.75, 3.05) is 13.1 Å². The Balaban J connectivity index is 1.71. The molecule has 3 heteroatoms. The highest BCUT2D eigenvalue weighted by molar-refractivity contribution is 6.20. The number of likely N-dealkylation sites (tertiary alicyclic amines) is 1. The molecule has 0 spiro atoms. The van der Waals surface area contributed by atoms with E-state index in [1.807, 2.05) is 17.0 Å². The van der Waals surface area contributed by atoms with Gasteiger partial charge in [0.15, 0.2) is 0 Å². The van der Waals surface area contributed by atoms with Crippen molar-refractivity contribution in [3.8, 4) is 0 Å². The highest BCUT2D eigenvalue weighted by atomic mass is 35.5. The lowest BCUT2D eigenvalue weighted by Gasteiger charge is -2.29. The maximum absolute atomic E-state index is 12.3. The van der Waals surface area contributed by atoms with E-state index in [2.05, 4.69) is 30.3 Å². The fourth-order valence-corrected chi connectivity index (χ4v) is 2.93. The summed E-state index contributed by atoms with van der Waals surface area (Å²) in [6.45, 7) is 1.58. The Labute approximate surface area is 124 Å². The molecule has 0 aliphatic carbocycles. The van der Waals surface area contributed by atoms with Crippen molar-refractivity contribution in [2.45, 2.75) is 24.6 Å².